The number of aromatic amines is 1. The maximum atomic E-state index is 11.9. The first-order valence-corrected chi connectivity index (χ1v) is 7.46. The van der Waals surface area contributed by atoms with Crippen LogP contribution in [0.25, 0.3) is 6.08 Å². The second kappa shape index (κ2) is 6.58. The van der Waals surface area contributed by atoms with E-state index in [1.54, 1.807) is 6.08 Å². The van der Waals surface area contributed by atoms with E-state index in [-0.39, 0.29) is 18.9 Å². The largest absolute Gasteiger partial charge is 0.392 e. The average Bonchev–Trinajstić information content (AvgIpc) is 3.28. The molecule has 0 bridgehead atoms. The smallest absolute Gasteiger partial charge is 0.229 e. The number of H-pyrrole nitrogens is 1. The van der Waals surface area contributed by atoms with Crippen molar-refractivity contribution in [3.63, 3.8) is 0 Å². The molecule has 0 atom stereocenters. The van der Waals surface area contributed by atoms with Gasteiger partial charge >= 0.3 is 0 Å². The van der Waals surface area contributed by atoms with Crippen molar-refractivity contribution < 1.29 is 9.90 Å². The van der Waals surface area contributed by atoms with Crippen LogP contribution in [0.2, 0.25) is 0 Å². The van der Waals surface area contributed by atoms with Gasteiger partial charge in [0.1, 0.15) is 0 Å². The number of hydrogen-bond acceptors (Lipinski definition) is 3. The normalized spacial score (nSPS) is 14.4. The highest BCUT2D eigenvalue weighted by Gasteiger charge is 2.25. The zero-order valence-electron chi connectivity index (χ0n) is 12.2. The summed E-state index contributed by atoms with van der Waals surface area (Å²) in [5.41, 5.74) is 2.93. The van der Waals surface area contributed by atoms with Gasteiger partial charge in [-0.05, 0) is 30.0 Å². The summed E-state index contributed by atoms with van der Waals surface area (Å²) >= 11 is 0. The molecule has 1 amide bonds. The minimum atomic E-state index is -0.0941. The summed E-state index contributed by atoms with van der Waals surface area (Å²) in [6.07, 6.45) is 6.37. The second-order valence-electron chi connectivity index (χ2n) is 5.54. The fraction of sp³-hybridized carbons (Fsp3) is 0.294. The highest BCUT2D eigenvalue weighted by Crippen LogP contribution is 2.39. The minimum absolute atomic E-state index is 0.0185. The predicted molar refractivity (Wildman–Crippen MR) is 85.2 cm³/mol. The number of anilines is 1. The number of carbonyl (C=O) groups is 1. The van der Waals surface area contributed by atoms with E-state index >= 15 is 0 Å². The van der Waals surface area contributed by atoms with Gasteiger partial charge in [0.05, 0.1) is 6.61 Å². The lowest BCUT2D eigenvalue weighted by molar-refractivity contribution is -0.115. The molecule has 5 nitrogen and oxygen atoms in total. The third kappa shape index (κ3) is 3.83. The molecule has 1 saturated carbocycles. The SMILES string of the molecule is O=C(CC=Cc1cccc(CO)c1)Nc1cc(C2CC2)[nH]n1. The van der Waals surface area contributed by atoms with Gasteiger partial charge in [-0.15, -0.1) is 0 Å². The number of benzene rings is 1. The van der Waals surface area contributed by atoms with Crippen molar-refractivity contribution in [1.29, 1.82) is 0 Å². The van der Waals surface area contributed by atoms with Gasteiger partial charge in [-0.25, -0.2) is 0 Å². The lowest BCUT2D eigenvalue weighted by Gasteiger charge is -1.99. The lowest BCUT2D eigenvalue weighted by Crippen LogP contribution is -2.10. The van der Waals surface area contributed by atoms with Gasteiger partial charge in [0.25, 0.3) is 0 Å². The summed E-state index contributed by atoms with van der Waals surface area (Å²) < 4.78 is 0. The summed E-state index contributed by atoms with van der Waals surface area (Å²) in [6, 6.07) is 9.48. The molecule has 0 spiro atoms. The molecule has 0 unspecified atom stereocenters. The molecule has 0 radical (unpaired) electrons. The molecule has 22 heavy (non-hydrogen) atoms. The molecular weight excluding hydrogens is 278 g/mol. The Hall–Kier alpha value is -2.40. The topological polar surface area (TPSA) is 78.0 Å². The van der Waals surface area contributed by atoms with E-state index in [4.69, 9.17) is 5.11 Å². The van der Waals surface area contributed by atoms with Crippen molar-refractivity contribution >= 4 is 17.8 Å². The van der Waals surface area contributed by atoms with Crippen LogP contribution in [0.5, 0.6) is 0 Å². The van der Waals surface area contributed by atoms with Crippen LogP contribution in [-0.4, -0.2) is 21.2 Å². The fourth-order valence-corrected chi connectivity index (χ4v) is 2.30. The van der Waals surface area contributed by atoms with Crippen molar-refractivity contribution in [2.45, 2.75) is 31.8 Å². The number of aliphatic hydroxyl groups is 1. The molecule has 114 valence electrons. The number of aliphatic hydroxyl groups excluding tert-OH is 1. The number of amides is 1. The van der Waals surface area contributed by atoms with Crippen molar-refractivity contribution in [2.24, 2.45) is 0 Å². The van der Waals surface area contributed by atoms with Gasteiger partial charge in [-0.1, -0.05) is 30.4 Å². The monoisotopic (exact) mass is 297 g/mol. The highest BCUT2D eigenvalue weighted by molar-refractivity contribution is 5.91. The molecule has 1 fully saturated rings. The van der Waals surface area contributed by atoms with Crippen LogP contribution >= 0.6 is 0 Å². The van der Waals surface area contributed by atoms with E-state index in [1.807, 2.05) is 36.4 Å². The van der Waals surface area contributed by atoms with Crippen molar-refractivity contribution in [2.75, 3.05) is 5.32 Å². The third-order valence-corrected chi connectivity index (χ3v) is 3.63. The van der Waals surface area contributed by atoms with Gasteiger partial charge in [-0.3, -0.25) is 9.89 Å². The maximum absolute atomic E-state index is 11.9. The Morgan fingerprint density at radius 2 is 2.27 bits per heavy atom. The maximum Gasteiger partial charge on any atom is 0.229 e. The van der Waals surface area contributed by atoms with Crippen LogP contribution in [0.15, 0.2) is 36.4 Å². The first kappa shape index (κ1) is 14.5. The molecule has 2 aromatic rings. The highest BCUT2D eigenvalue weighted by atomic mass is 16.3. The van der Waals surface area contributed by atoms with Gasteiger partial charge in [0.2, 0.25) is 5.91 Å². The summed E-state index contributed by atoms with van der Waals surface area (Å²) in [6.45, 7) is 0.0185. The Kier molecular flexibility index (Phi) is 4.34. The van der Waals surface area contributed by atoms with Crippen molar-refractivity contribution in [3.8, 4) is 0 Å². The third-order valence-electron chi connectivity index (χ3n) is 3.63. The van der Waals surface area contributed by atoms with Gasteiger partial charge in [0.15, 0.2) is 5.82 Å². The summed E-state index contributed by atoms with van der Waals surface area (Å²) in [5, 5.41) is 18.9. The van der Waals surface area contributed by atoms with Crippen LogP contribution in [0, 0.1) is 0 Å². The average molecular weight is 297 g/mol. The predicted octanol–water partition coefficient (Wildman–Crippen LogP) is 2.82. The van der Waals surface area contributed by atoms with E-state index in [0.29, 0.717) is 11.7 Å². The zero-order valence-corrected chi connectivity index (χ0v) is 12.2. The van der Waals surface area contributed by atoms with Crippen LogP contribution < -0.4 is 5.32 Å². The summed E-state index contributed by atoms with van der Waals surface area (Å²) in [7, 11) is 0. The molecule has 1 heterocycles. The first-order valence-electron chi connectivity index (χ1n) is 7.46. The Labute approximate surface area is 129 Å². The van der Waals surface area contributed by atoms with E-state index in [1.165, 1.54) is 12.8 Å². The Morgan fingerprint density at radius 1 is 1.41 bits per heavy atom. The molecule has 0 saturated heterocycles. The van der Waals surface area contributed by atoms with Crippen LogP contribution in [-0.2, 0) is 11.4 Å². The number of aromatic nitrogens is 2. The van der Waals surface area contributed by atoms with Crippen LogP contribution in [0.4, 0.5) is 5.82 Å². The fourth-order valence-electron chi connectivity index (χ4n) is 2.30. The molecule has 5 heteroatoms. The summed E-state index contributed by atoms with van der Waals surface area (Å²) in [5.74, 6) is 1.09. The molecule has 3 N–H and O–H groups in total. The van der Waals surface area contributed by atoms with Gasteiger partial charge in [-0.2, -0.15) is 5.10 Å². The quantitative estimate of drug-likeness (QED) is 0.767. The van der Waals surface area contributed by atoms with E-state index in [0.717, 1.165) is 16.8 Å². The second-order valence-corrected chi connectivity index (χ2v) is 5.54. The molecule has 0 aliphatic heterocycles. The van der Waals surface area contributed by atoms with Gasteiger partial charge < -0.3 is 10.4 Å². The number of nitrogens with zero attached hydrogens (tertiary/aromatic N) is 1. The van der Waals surface area contributed by atoms with Crippen molar-refractivity contribution in [3.05, 3.63) is 53.2 Å². The molecule has 1 aromatic heterocycles. The van der Waals surface area contributed by atoms with E-state index < -0.39 is 0 Å². The Balaban J connectivity index is 1.51. The molecule has 1 aliphatic rings. The first-order chi connectivity index (χ1) is 10.7. The Bertz CT molecular complexity index is 687. The Morgan fingerprint density at radius 3 is 3.05 bits per heavy atom. The molecule has 1 aliphatic carbocycles. The standard InChI is InChI=1S/C17H19N3O2/c21-11-13-5-1-3-12(9-13)4-2-6-17(22)18-16-10-15(19-20-16)14-7-8-14/h1-5,9-10,14,21H,6-8,11H2,(H2,18,19,20,22). The van der Waals surface area contributed by atoms with Crippen LogP contribution in [0.1, 0.15) is 42.0 Å². The molecule has 3 rings (SSSR count). The molecular formula is C17H19N3O2. The van der Waals surface area contributed by atoms with E-state index in [9.17, 15) is 4.79 Å². The lowest BCUT2D eigenvalue weighted by atomic mass is 10.1. The number of nitrogens with one attached hydrogen (secondary N) is 2. The van der Waals surface area contributed by atoms with E-state index in [2.05, 4.69) is 15.5 Å². The number of hydrogen-bond donors (Lipinski definition) is 3. The summed E-state index contributed by atoms with van der Waals surface area (Å²) in [4.78, 5) is 11.9. The number of carbonyl (C=O) groups excluding carboxylic acids is 1. The zero-order chi connectivity index (χ0) is 15.4. The molecule has 1 aromatic carbocycles. The van der Waals surface area contributed by atoms with Gasteiger partial charge in [0, 0.05) is 24.1 Å². The van der Waals surface area contributed by atoms with Crippen LogP contribution in [0.3, 0.4) is 0 Å². The van der Waals surface area contributed by atoms with Crippen molar-refractivity contribution in [1.82, 2.24) is 10.2 Å². The number of rotatable bonds is 6. The minimum Gasteiger partial charge on any atom is -0.392 e.